The van der Waals surface area contributed by atoms with Crippen LogP contribution in [0.3, 0.4) is 0 Å². The molecule has 0 aliphatic carbocycles. The van der Waals surface area contributed by atoms with E-state index in [0.29, 0.717) is 11.8 Å². The normalized spacial score (nSPS) is 24.8. The predicted octanol–water partition coefficient (Wildman–Crippen LogP) is 1.32. The molecular formula is C15H23N7. The lowest BCUT2D eigenvalue weighted by Crippen LogP contribution is -2.52. The number of benzene rings is 1. The molecule has 2 aromatic rings. The molecule has 0 amide bonds. The summed E-state index contributed by atoms with van der Waals surface area (Å²) < 4.78 is 0. The zero-order valence-electron chi connectivity index (χ0n) is 12.7. The Morgan fingerprint density at radius 1 is 1.05 bits per heavy atom. The molecule has 118 valence electrons. The van der Waals surface area contributed by atoms with Gasteiger partial charge in [-0.05, 0) is 29.0 Å². The van der Waals surface area contributed by atoms with Gasteiger partial charge in [0.2, 0.25) is 0 Å². The van der Waals surface area contributed by atoms with Crippen molar-refractivity contribution in [2.75, 3.05) is 31.1 Å². The van der Waals surface area contributed by atoms with Gasteiger partial charge < -0.3 is 11.1 Å². The first kappa shape index (κ1) is 14.9. The Labute approximate surface area is 130 Å². The van der Waals surface area contributed by atoms with E-state index in [2.05, 4.69) is 60.8 Å². The molecule has 0 radical (unpaired) electrons. The number of hydrogen-bond donors (Lipinski definition) is 2. The Morgan fingerprint density at radius 3 is 2.41 bits per heavy atom. The maximum Gasteiger partial charge on any atom is 0.265 e. The van der Waals surface area contributed by atoms with Crippen molar-refractivity contribution in [2.45, 2.75) is 13.0 Å². The van der Waals surface area contributed by atoms with Gasteiger partial charge in [0.15, 0.2) is 0 Å². The third-order valence-electron chi connectivity index (χ3n) is 4.52. The fourth-order valence-corrected chi connectivity index (χ4v) is 3.81. The number of anilines is 1. The molecule has 4 N–H and O–H groups in total. The summed E-state index contributed by atoms with van der Waals surface area (Å²) in [6, 6.07) is 10.8. The van der Waals surface area contributed by atoms with Crippen molar-refractivity contribution >= 4 is 5.95 Å². The van der Waals surface area contributed by atoms with Gasteiger partial charge in [0, 0.05) is 32.7 Å². The summed E-state index contributed by atoms with van der Waals surface area (Å²) in [5, 5.41) is 14.5. The van der Waals surface area contributed by atoms with Crippen LogP contribution in [-0.2, 0) is 6.54 Å². The number of likely N-dealkylation sites (tertiary alicyclic amines) is 1. The minimum Gasteiger partial charge on any atom is -0.344 e. The molecule has 2 bridgehead atoms. The summed E-state index contributed by atoms with van der Waals surface area (Å²) in [6.45, 7) is 5.48. The van der Waals surface area contributed by atoms with Crippen LogP contribution >= 0.6 is 0 Å². The van der Waals surface area contributed by atoms with Gasteiger partial charge in [0.05, 0.1) is 0 Å². The van der Waals surface area contributed by atoms with E-state index in [-0.39, 0.29) is 6.15 Å². The van der Waals surface area contributed by atoms with E-state index in [9.17, 15) is 0 Å². The Balaban J connectivity index is 0.00000144. The first-order valence-electron chi connectivity index (χ1n) is 7.61. The maximum absolute atomic E-state index is 4.12. The van der Waals surface area contributed by atoms with Gasteiger partial charge in [0.25, 0.3) is 5.95 Å². The average Bonchev–Trinajstić information content (AvgIpc) is 3.01. The highest BCUT2D eigenvalue weighted by atomic mass is 15.5. The standard InChI is InChI=1S/C15H20N6.H3N/c1-2-4-12(5-3-1)7-20-8-13-6-14(9-20)11-21(10-13)15-16-18-19-17-15;/h1-5,13-14H,6-11H2,(H,16,17,18,19);1H3. The van der Waals surface area contributed by atoms with Crippen LogP contribution in [-0.4, -0.2) is 51.7 Å². The SMILES string of the molecule is N.c1ccc(CN2CC3CC(C2)CN(c2nn[nH]n2)C3)cc1. The summed E-state index contributed by atoms with van der Waals surface area (Å²) in [7, 11) is 0. The summed E-state index contributed by atoms with van der Waals surface area (Å²) in [4.78, 5) is 4.88. The molecule has 2 unspecified atom stereocenters. The van der Waals surface area contributed by atoms with Crippen molar-refractivity contribution in [2.24, 2.45) is 11.8 Å². The molecule has 1 aromatic carbocycles. The molecule has 2 atom stereocenters. The number of nitrogens with zero attached hydrogens (tertiary/aromatic N) is 5. The smallest absolute Gasteiger partial charge is 0.265 e. The number of aromatic amines is 1. The molecule has 2 aliphatic heterocycles. The lowest BCUT2D eigenvalue weighted by Gasteiger charge is -2.45. The van der Waals surface area contributed by atoms with Crippen LogP contribution in [0.5, 0.6) is 0 Å². The quantitative estimate of drug-likeness (QED) is 0.887. The largest absolute Gasteiger partial charge is 0.344 e. The number of piperidine rings is 2. The van der Waals surface area contributed by atoms with Crippen molar-refractivity contribution in [1.29, 1.82) is 0 Å². The second-order valence-electron chi connectivity index (χ2n) is 6.26. The average molecular weight is 301 g/mol. The van der Waals surface area contributed by atoms with Crippen LogP contribution in [0.2, 0.25) is 0 Å². The molecule has 7 heteroatoms. The van der Waals surface area contributed by atoms with Crippen LogP contribution in [0.1, 0.15) is 12.0 Å². The van der Waals surface area contributed by atoms with E-state index < -0.39 is 0 Å². The molecular weight excluding hydrogens is 278 g/mol. The molecule has 2 fully saturated rings. The molecule has 1 aromatic heterocycles. The number of H-pyrrole nitrogens is 1. The number of tetrazole rings is 1. The second kappa shape index (κ2) is 6.41. The molecule has 0 spiro atoms. The highest BCUT2D eigenvalue weighted by Gasteiger charge is 2.35. The molecule has 3 heterocycles. The highest BCUT2D eigenvalue weighted by Crippen LogP contribution is 2.30. The minimum atomic E-state index is 0. The van der Waals surface area contributed by atoms with Gasteiger partial charge >= 0.3 is 0 Å². The van der Waals surface area contributed by atoms with E-state index >= 15 is 0 Å². The highest BCUT2D eigenvalue weighted by molar-refractivity contribution is 5.28. The Morgan fingerprint density at radius 2 is 1.77 bits per heavy atom. The zero-order valence-corrected chi connectivity index (χ0v) is 12.7. The van der Waals surface area contributed by atoms with Crippen LogP contribution in [0.25, 0.3) is 0 Å². The summed E-state index contributed by atoms with van der Waals surface area (Å²) in [6.07, 6.45) is 1.33. The van der Waals surface area contributed by atoms with Gasteiger partial charge in [-0.3, -0.25) is 4.90 Å². The minimum absolute atomic E-state index is 0. The fraction of sp³-hybridized carbons (Fsp3) is 0.533. The van der Waals surface area contributed by atoms with Crippen LogP contribution in [0.4, 0.5) is 5.95 Å². The summed E-state index contributed by atoms with van der Waals surface area (Å²) in [5.41, 5.74) is 1.41. The van der Waals surface area contributed by atoms with Gasteiger partial charge in [-0.25, -0.2) is 0 Å². The van der Waals surface area contributed by atoms with Gasteiger partial charge in [0.1, 0.15) is 0 Å². The number of nitrogens with one attached hydrogen (secondary N) is 1. The lowest BCUT2D eigenvalue weighted by atomic mass is 9.84. The zero-order chi connectivity index (χ0) is 14.1. The predicted molar refractivity (Wildman–Crippen MR) is 84.7 cm³/mol. The van der Waals surface area contributed by atoms with E-state index in [4.69, 9.17) is 0 Å². The lowest BCUT2D eigenvalue weighted by molar-refractivity contribution is 0.102. The van der Waals surface area contributed by atoms with Crippen molar-refractivity contribution < 1.29 is 0 Å². The third-order valence-corrected chi connectivity index (χ3v) is 4.52. The van der Waals surface area contributed by atoms with Gasteiger partial charge in [-0.1, -0.05) is 35.4 Å². The first-order chi connectivity index (χ1) is 10.4. The molecule has 2 aliphatic rings. The molecule has 22 heavy (non-hydrogen) atoms. The molecule has 7 nitrogen and oxygen atoms in total. The summed E-state index contributed by atoms with van der Waals surface area (Å²) >= 11 is 0. The Bertz CT molecular complexity index is 557. The topological polar surface area (TPSA) is 95.9 Å². The van der Waals surface area contributed by atoms with Crippen molar-refractivity contribution in [3.05, 3.63) is 35.9 Å². The Hall–Kier alpha value is -1.99. The van der Waals surface area contributed by atoms with Crippen LogP contribution in [0, 0.1) is 11.8 Å². The third kappa shape index (κ3) is 3.10. The molecule has 0 saturated carbocycles. The number of hydrogen-bond acceptors (Lipinski definition) is 6. The van der Waals surface area contributed by atoms with Crippen molar-refractivity contribution in [3.8, 4) is 0 Å². The monoisotopic (exact) mass is 301 g/mol. The van der Waals surface area contributed by atoms with Crippen molar-refractivity contribution in [3.63, 3.8) is 0 Å². The van der Waals surface area contributed by atoms with Gasteiger partial charge in [-0.2, -0.15) is 5.21 Å². The van der Waals surface area contributed by atoms with Crippen molar-refractivity contribution in [1.82, 2.24) is 31.7 Å². The first-order valence-corrected chi connectivity index (χ1v) is 7.61. The van der Waals surface area contributed by atoms with Gasteiger partial charge in [-0.15, -0.1) is 5.10 Å². The second-order valence-corrected chi connectivity index (χ2v) is 6.26. The van der Waals surface area contributed by atoms with E-state index in [1.54, 1.807) is 0 Å². The molecule has 4 rings (SSSR count). The van der Waals surface area contributed by atoms with Crippen LogP contribution < -0.4 is 11.1 Å². The fourth-order valence-electron chi connectivity index (χ4n) is 3.81. The molecule has 2 saturated heterocycles. The van der Waals surface area contributed by atoms with E-state index in [1.165, 1.54) is 25.1 Å². The number of aromatic nitrogens is 4. The number of rotatable bonds is 3. The van der Waals surface area contributed by atoms with E-state index in [1.807, 2.05) is 0 Å². The maximum atomic E-state index is 4.12. The Kier molecular flexibility index (Phi) is 4.35. The van der Waals surface area contributed by atoms with E-state index in [0.717, 1.165) is 25.6 Å². The summed E-state index contributed by atoms with van der Waals surface area (Å²) in [5.74, 6) is 2.17. The number of fused-ring (bicyclic) bond motifs is 2. The van der Waals surface area contributed by atoms with Crippen LogP contribution in [0.15, 0.2) is 30.3 Å².